The van der Waals surface area contributed by atoms with Crippen LogP contribution in [0.25, 0.3) is 0 Å². The van der Waals surface area contributed by atoms with E-state index in [9.17, 15) is 14.4 Å². The van der Waals surface area contributed by atoms with Gasteiger partial charge >= 0.3 is 12.0 Å². The predicted molar refractivity (Wildman–Crippen MR) is 76.0 cm³/mol. The van der Waals surface area contributed by atoms with Gasteiger partial charge < -0.3 is 20.6 Å². The molecule has 0 saturated carbocycles. The largest absolute Gasteiger partial charge is 0.481 e. The Labute approximate surface area is 121 Å². The number of urea groups is 1. The van der Waals surface area contributed by atoms with E-state index in [1.807, 2.05) is 0 Å². The van der Waals surface area contributed by atoms with E-state index in [-0.39, 0.29) is 12.3 Å². The number of hydrogen-bond donors (Lipinski definition) is 3. The fraction of sp³-hybridized carbons (Fsp3) is 0.357. The van der Waals surface area contributed by atoms with Crippen molar-refractivity contribution >= 4 is 23.6 Å². The first-order valence-electron chi connectivity index (χ1n) is 6.59. The first-order valence-corrected chi connectivity index (χ1v) is 6.59. The van der Waals surface area contributed by atoms with Crippen LogP contribution >= 0.6 is 0 Å². The van der Waals surface area contributed by atoms with Gasteiger partial charge in [-0.15, -0.1) is 0 Å². The van der Waals surface area contributed by atoms with Crippen molar-refractivity contribution in [2.24, 2.45) is 0 Å². The van der Waals surface area contributed by atoms with Crippen LogP contribution in [0.1, 0.15) is 12.0 Å². The number of likely N-dealkylation sites (tertiary alicyclic amines) is 1. The maximum atomic E-state index is 11.8. The molecule has 1 fully saturated rings. The Hall–Kier alpha value is -2.57. The number of hydrogen-bond acceptors (Lipinski definition) is 3. The molecule has 1 unspecified atom stereocenters. The Morgan fingerprint density at radius 3 is 2.81 bits per heavy atom. The molecule has 1 heterocycles. The molecular formula is C14H17N3O4. The quantitative estimate of drug-likeness (QED) is 0.759. The Morgan fingerprint density at radius 2 is 2.19 bits per heavy atom. The average molecular weight is 291 g/mol. The third-order valence-electron chi connectivity index (χ3n) is 3.27. The SMILES string of the molecule is CN1CCC(NC(=O)Nc2cccc(CC(=O)O)c2)C1=O. The highest BCUT2D eigenvalue weighted by molar-refractivity contribution is 5.94. The molecule has 7 nitrogen and oxygen atoms in total. The van der Waals surface area contributed by atoms with Gasteiger partial charge in [0.25, 0.3) is 0 Å². The normalized spacial score (nSPS) is 17.7. The summed E-state index contributed by atoms with van der Waals surface area (Å²) in [5.74, 6) is -1.04. The summed E-state index contributed by atoms with van der Waals surface area (Å²) in [4.78, 5) is 35.8. The van der Waals surface area contributed by atoms with Crippen molar-refractivity contribution in [1.82, 2.24) is 10.2 Å². The van der Waals surface area contributed by atoms with Crippen molar-refractivity contribution in [3.8, 4) is 0 Å². The standard InChI is InChI=1S/C14H17N3O4/c1-17-6-5-11(13(17)20)16-14(21)15-10-4-2-3-9(7-10)8-12(18)19/h2-4,7,11H,5-6,8H2,1H3,(H,18,19)(H2,15,16,21). The van der Waals surface area contributed by atoms with E-state index in [2.05, 4.69) is 10.6 Å². The average Bonchev–Trinajstić information content (AvgIpc) is 2.70. The van der Waals surface area contributed by atoms with Gasteiger partial charge in [-0.05, 0) is 24.1 Å². The van der Waals surface area contributed by atoms with Crippen LogP contribution in [0.3, 0.4) is 0 Å². The number of carboxylic acid groups (broad SMARTS) is 1. The number of nitrogens with one attached hydrogen (secondary N) is 2. The Balaban J connectivity index is 1.93. The van der Waals surface area contributed by atoms with Crippen molar-refractivity contribution in [3.63, 3.8) is 0 Å². The van der Waals surface area contributed by atoms with E-state index in [1.54, 1.807) is 36.2 Å². The maximum Gasteiger partial charge on any atom is 0.319 e. The fourth-order valence-corrected chi connectivity index (χ4v) is 2.22. The van der Waals surface area contributed by atoms with Crippen LogP contribution in [0.2, 0.25) is 0 Å². The summed E-state index contributed by atoms with van der Waals surface area (Å²) in [6, 6.07) is 5.62. The number of likely N-dealkylation sites (N-methyl/N-ethyl adjacent to an activating group) is 1. The lowest BCUT2D eigenvalue weighted by Crippen LogP contribution is -2.42. The summed E-state index contributed by atoms with van der Waals surface area (Å²) in [7, 11) is 1.69. The first kappa shape index (κ1) is 14.8. The minimum absolute atomic E-state index is 0.107. The van der Waals surface area contributed by atoms with E-state index in [1.165, 1.54) is 0 Å². The number of nitrogens with zero attached hydrogens (tertiary/aromatic N) is 1. The number of carboxylic acids is 1. The molecule has 0 aliphatic carbocycles. The van der Waals surface area contributed by atoms with E-state index in [0.29, 0.717) is 24.2 Å². The Bertz CT molecular complexity index is 573. The van der Waals surface area contributed by atoms with Crippen LogP contribution in [0.4, 0.5) is 10.5 Å². The van der Waals surface area contributed by atoms with Crippen LogP contribution in [-0.2, 0) is 16.0 Å². The van der Waals surface area contributed by atoms with Crippen molar-refractivity contribution in [3.05, 3.63) is 29.8 Å². The van der Waals surface area contributed by atoms with Crippen LogP contribution in [-0.4, -0.2) is 47.5 Å². The molecule has 0 spiro atoms. The summed E-state index contributed by atoms with van der Waals surface area (Å²) < 4.78 is 0. The van der Waals surface area contributed by atoms with Gasteiger partial charge in [0.2, 0.25) is 5.91 Å². The van der Waals surface area contributed by atoms with Crippen molar-refractivity contribution in [2.45, 2.75) is 18.9 Å². The lowest BCUT2D eigenvalue weighted by atomic mass is 10.1. The molecule has 1 saturated heterocycles. The highest BCUT2D eigenvalue weighted by atomic mass is 16.4. The smallest absolute Gasteiger partial charge is 0.319 e. The van der Waals surface area contributed by atoms with Gasteiger partial charge in [-0.2, -0.15) is 0 Å². The second-order valence-corrected chi connectivity index (χ2v) is 4.97. The fourth-order valence-electron chi connectivity index (χ4n) is 2.22. The molecule has 21 heavy (non-hydrogen) atoms. The summed E-state index contributed by atoms with van der Waals surface area (Å²) in [6.45, 7) is 0.623. The second kappa shape index (κ2) is 6.25. The summed E-state index contributed by atoms with van der Waals surface area (Å²) in [5, 5.41) is 14.0. The number of carbonyl (C=O) groups excluding carboxylic acids is 2. The number of rotatable bonds is 4. The molecule has 1 atom stereocenters. The zero-order valence-electron chi connectivity index (χ0n) is 11.6. The number of aliphatic carboxylic acids is 1. The molecular weight excluding hydrogens is 274 g/mol. The topological polar surface area (TPSA) is 98.7 Å². The lowest BCUT2D eigenvalue weighted by molar-refractivity contribution is -0.136. The van der Waals surface area contributed by atoms with Gasteiger partial charge in [-0.3, -0.25) is 9.59 Å². The molecule has 2 rings (SSSR count). The number of carbonyl (C=O) groups is 3. The first-order chi connectivity index (χ1) is 9.95. The molecule has 1 aliphatic heterocycles. The molecule has 0 aromatic heterocycles. The van der Waals surface area contributed by atoms with Crippen molar-refractivity contribution < 1.29 is 19.5 Å². The van der Waals surface area contributed by atoms with E-state index < -0.39 is 18.0 Å². The molecule has 1 aromatic carbocycles. The van der Waals surface area contributed by atoms with Gasteiger partial charge in [-0.25, -0.2) is 4.79 Å². The minimum Gasteiger partial charge on any atom is -0.481 e. The molecule has 0 radical (unpaired) electrons. The minimum atomic E-state index is -0.934. The zero-order chi connectivity index (χ0) is 15.4. The Kier molecular flexibility index (Phi) is 4.42. The molecule has 1 aromatic rings. The van der Waals surface area contributed by atoms with Crippen LogP contribution in [0.5, 0.6) is 0 Å². The predicted octanol–water partition coefficient (Wildman–Crippen LogP) is 0.666. The molecule has 3 N–H and O–H groups in total. The second-order valence-electron chi connectivity index (χ2n) is 4.97. The number of amides is 3. The number of benzene rings is 1. The summed E-state index contributed by atoms with van der Waals surface area (Å²) in [5.41, 5.74) is 1.09. The van der Waals surface area contributed by atoms with Gasteiger partial charge in [0.05, 0.1) is 6.42 Å². The zero-order valence-corrected chi connectivity index (χ0v) is 11.6. The summed E-state index contributed by atoms with van der Waals surface area (Å²) in [6.07, 6.45) is 0.477. The third-order valence-corrected chi connectivity index (χ3v) is 3.27. The van der Waals surface area contributed by atoms with Crippen molar-refractivity contribution in [2.75, 3.05) is 18.9 Å². The van der Waals surface area contributed by atoms with Crippen LogP contribution in [0.15, 0.2) is 24.3 Å². The Morgan fingerprint density at radius 1 is 1.43 bits per heavy atom. The van der Waals surface area contributed by atoms with Gasteiger partial charge in [-0.1, -0.05) is 12.1 Å². The monoisotopic (exact) mass is 291 g/mol. The molecule has 0 bridgehead atoms. The highest BCUT2D eigenvalue weighted by Gasteiger charge is 2.30. The third kappa shape index (κ3) is 3.95. The van der Waals surface area contributed by atoms with Gasteiger partial charge in [0.15, 0.2) is 0 Å². The van der Waals surface area contributed by atoms with Gasteiger partial charge in [0, 0.05) is 19.3 Å². The summed E-state index contributed by atoms with van der Waals surface area (Å²) >= 11 is 0. The number of anilines is 1. The van der Waals surface area contributed by atoms with Crippen LogP contribution in [0, 0.1) is 0 Å². The van der Waals surface area contributed by atoms with E-state index in [0.717, 1.165) is 0 Å². The molecule has 112 valence electrons. The van der Waals surface area contributed by atoms with Gasteiger partial charge in [0.1, 0.15) is 6.04 Å². The maximum absolute atomic E-state index is 11.8. The molecule has 3 amide bonds. The van der Waals surface area contributed by atoms with Crippen LogP contribution < -0.4 is 10.6 Å². The highest BCUT2D eigenvalue weighted by Crippen LogP contribution is 2.12. The van der Waals surface area contributed by atoms with Crippen molar-refractivity contribution in [1.29, 1.82) is 0 Å². The molecule has 7 heteroatoms. The van der Waals surface area contributed by atoms with E-state index in [4.69, 9.17) is 5.11 Å². The lowest BCUT2D eigenvalue weighted by Gasteiger charge is -2.13. The molecule has 1 aliphatic rings. The van der Waals surface area contributed by atoms with E-state index >= 15 is 0 Å².